The third-order valence-corrected chi connectivity index (χ3v) is 7.27. The molecule has 41 heavy (non-hydrogen) atoms. The van der Waals surface area contributed by atoms with Crippen molar-refractivity contribution >= 4 is 16.7 Å². The van der Waals surface area contributed by atoms with Crippen molar-refractivity contribution in [1.82, 2.24) is 5.06 Å². The number of hydrogen-bond donors (Lipinski definition) is 0. The number of alkyl halides is 3. The largest absolute Gasteiger partial charge is 0.494 e. The van der Waals surface area contributed by atoms with Crippen LogP contribution in [-0.2, 0) is 27.4 Å². The maximum Gasteiger partial charge on any atom is 0.492 e. The van der Waals surface area contributed by atoms with E-state index in [0.29, 0.717) is 13.0 Å². The second-order valence-corrected chi connectivity index (χ2v) is 10.2. The lowest BCUT2D eigenvalue weighted by Gasteiger charge is -2.37. The van der Waals surface area contributed by atoms with Crippen molar-refractivity contribution in [2.75, 3.05) is 19.7 Å². The maximum atomic E-state index is 12.8. The van der Waals surface area contributed by atoms with E-state index in [1.54, 1.807) is 0 Å². The zero-order valence-corrected chi connectivity index (χ0v) is 22.6. The first-order chi connectivity index (χ1) is 19.8. The van der Waals surface area contributed by atoms with Crippen LogP contribution in [0.5, 0.6) is 5.75 Å². The van der Waals surface area contributed by atoms with Crippen LogP contribution in [0.25, 0.3) is 10.8 Å². The molecule has 0 bridgehead atoms. The Labute approximate surface area is 237 Å². The smallest absolute Gasteiger partial charge is 0.492 e. The van der Waals surface area contributed by atoms with Crippen LogP contribution >= 0.6 is 0 Å². The minimum atomic E-state index is -5.06. The van der Waals surface area contributed by atoms with Crippen molar-refractivity contribution in [3.63, 3.8) is 0 Å². The van der Waals surface area contributed by atoms with Gasteiger partial charge in [-0.1, -0.05) is 78.9 Å². The lowest BCUT2D eigenvalue weighted by molar-refractivity contribution is -0.248. The zero-order valence-electron chi connectivity index (χ0n) is 22.6. The van der Waals surface area contributed by atoms with Crippen LogP contribution in [0.3, 0.4) is 0 Å². The van der Waals surface area contributed by atoms with Gasteiger partial charge in [0.1, 0.15) is 5.75 Å². The second kappa shape index (κ2) is 13.2. The molecule has 0 spiro atoms. The molecule has 4 aromatic carbocycles. The molecule has 1 heterocycles. The van der Waals surface area contributed by atoms with E-state index in [4.69, 9.17) is 9.47 Å². The van der Waals surface area contributed by atoms with E-state index in [2.05, 4.69) is 17.0 Å². The Morgan fingerprint density at radius 1 is 0.854 bits per heavy atom. The Balaban J connectivity index is 1.23. The van der Waals surface area contributed by atoms with Crippen LogP contribution in [0.15, 0.2) is 97.1 Å². The highest BCUT2D eigenvalue weighted by molar-refractivity contribution is 5.82. The molecule has 2 atom stereocenters. The number of rotatable bonds is 10. The van der Waals surface area contributed by atoms with Crippen LogP contribution in [-0.4, -0.2) is 43.0 Å². The molecule has 1 fully saturated rings. The molecule has 2 unspecified atom stereocenters. The Hall–Kier alpha value is -3.88. The fraction of sp³-hybridized carbons (Fsp3) is 0.303. The van der Waals surface area contributed by atoms with E-state index in [0.717, 1.165) is 45.6 Å². The highest BCUT2D eigenvalue weighted by Gasteiger charge is 2.44. The topological polar surface area (TPSA) is 48.0 Å². The molecule has 0 radical (unpaired) electrons. The van der Waals surface area contributed by atoms with Gasteiger partial charge in [0.2, 0.25) is 0 Å². The Morgan fingerprint density at radius 2 is 1.59 bits per heavy atom. The van der Waals surface area contributed by atoms with Crippen LogP contribution in [0.2, 0.25) is 0 Å². The summed E-state index contributed by atoms with van der Waals surface area (Å²) in [6.45, 7) is 1.06. The van der Waals surface area contributed by atoms with E-state index in [-0.39, 0.29) is 25.6 Å². The number of benzene rings is 4. The molecule has 1 aliphatic heterocycles. The number of hydrogen-bond acceptors (Lipinski definition) is 5. The standard InChI is InChI=1S/C33H32F3NO4/c34-33(35,36)32(38)41-37-19-18-30(31(22-37)40-23-25-12-13-26-10-4-5-11-28(26)21-25)27-14-16-29(17-15-27)39-20-6-9-24-7-2-1-3-8-24/h1-5,7-8,10-17,21,30-31H,6,9,18-20,22-23H2. The van der Waals surface area contributed by atoms with Crippen molar-refractivity contribution in [3.8, 4) is 5.75 Å². The summed E-state index contributed by atoms with van der Waals surface area (Å²) in [6.07, 6.45) is -3.26. The third-order valence-electron chi connectivity index (χ3n) is 7.27. The molecule has 5 rings (SSSR count). The maximum absolute atomic E-state index is 12.8. The molecule has 0 saturated carbocycles. The number of halogens is 3. The molecule has 8 heteroatoms. The van der Waals surface area contributed by atoms with Gasteiger partial charge in [-0.2, -0.15) is 13.2 Å². The van der Waals surface area contributed by atoms with Crippen LogP contribution < -0.4 is 4.74 Å². The summed E-state index contributed by atoms with van der Waals surface area (Å²) >= 11 is 0. The summed E-state index contributed by atoms with van der Waals surface area (Å²) in [5, 5.41) is 3.25. The summed E-state index contributed by atoms with van der Waals surface area (Å²) in [5.41, 5.74) is 3.21. The van der Waals surface area contributed by atoms with Gasteiger partial charge in [0.25, 0.3) is 0 Å². The first kappa shape index (κ1) is 28.6. The third kappa shape index (κ3) is 7.86. The molecule has 0 aromatic heterocycles. The lowest BCUT2D eigenvalue weighted by Crippen LogP contribution is -2.46. The average molecular weight is 564 g/mol. The van der Waals surface area contributed by atoms with Crippen molar-refractivity contribution in [3.05, 3.63) is 114 Å². The minimum absolute atomic E-state index is 0.0256. The summed E-state index contributed by atoms with van der Waals surface area (Å²) in [6, 6.07) is 32.0. The van der Waals surface area contributed by atoms with Crippen molar-refractivity contribution < 1.29 is 32.3 Å². The number of carbonyl (C=O) groups excluding carboxylic acids is 1. The predicted octanol–water partition coefficient (Wildman–Crippen LogP) is 7.25. The molecule has 1 aliphatic rings. The predicted molar refractivity (Wildman–Crippen MR) is 150 cm³/mol. The summed E-state index contributed by atoms with van der Waals surface area (Å²) < 4.78 is 50.7. The molecular weight excluding hydrogens is 531 g/mol. The minimum Gasteiger partial charge on any atom is -0.494 e. The van der Waals surface area contributed by atoms with Crippen molar-refractivity contribution in [1.29, 1.82) is 0 Å². The fourth-order valence-electron chi connectivity index (χ4n) is 5.14. The van der Waals surface area contributed by atoms with Gasteiger partial charge in [0, 0.05) is 12.5 Å². The molecule has 4 aromatic rings. The summed E-state index contributed by atoms with van der Waals surface area (Å²) in [4.78, 5) is 16.1. The highest BCUT2D eigenvalue weighted by atomic mass is 19.4. The number of carbonyl (C=O) groups is 1. The first-order valence-corrected chi connectivity index (χ1v) is 13.8. The average Bonchev–Trinajstić information content (AvgIpc) is 2.99. The number of fused-ring (bicyclic) bond motifs is 1. The molecule has 5 nitrogen and oxygen atoms in total. The number of nitrogens with zero attached hydrogens (tertiary/aromatic N) is 1. The SMILES string of the molecule is O=C(ON1CCC(c2ccc(OCCCc3ccccc3)cc2)C(OCc2ccc3ccccc3c2)C1)C(F)(F)F. The second-order valence-electron chi connectivity index (χ2n) is 10.2. The van der Waals surface area contributed by atoms with Gasteiger partial charge in [-0.3, -0.25) is 0 Å². The van der Waals surface area contributed by atoms with Crippen LogP contribution in [0, 0.1) is 0 Å². The zero-order chi connectivity index (χ0) is 28.7. The summed E-state index contributed by atoms with van der Waals surface area (Å²) in [7, 11) is 0. The molecular formula is C33H32F3NO4. The molecule has 214 valence electrons. The first-order valence-electron chi connectivity index (χ1n) is 13.8. The molecule has 0 N–H and O–H groups in total. The van der Waals surface area contributed by atoms with E-state index in [9.17, 15) is 18.0 Å². The van der Waals surface area contributed by atoms with E-state index in [1.165, 1.54) is 5.56 Å². The van der Waals surface area contributed by atoms with Gasteiger partial charge in [-0.05, 0) is 64.9 Å². The van der Waals surface area contributed by atoms with Gasteiger partial charge in [-0.15, -0.1) is 5.06 Å². The van der Waals surface area contributed by atoms with E-state index < -0.39 is 18.2 Å². The number of hydroxylamine groups is 2. The highest BCUT2D eigenvalue weighted by Crippen LogP contribution is 2.33. The van der Waals surface area contributed by atoms with E-state index in [1.807, 2.05) is 84.9 Å². The summed E-state index contributed by atoms with van der Waals surface area (Å²) in [5.74, 6) is -1.56. The van der Waals surface area contributed by atoms with Gasteiger partial charge in [0.15, 0.2) is 0 Å². The normalized spacial score (nSPS) is 17.8. The Kier molecular flexibility index (Phi) is 9.21. The van der Waals surface area contributed by atoms with Gasteiger partial charge < -0.3 is 14.3 Å². The fourth-order valence-corrected chi connectivity index (χ4v) is 5.14. The van der Waals surface area contributed by atoms with Gasteiger partial charge in [-0.25, -0.2) is 4.79 Å². The Morgan fingerprint density at radius 3 is 2.34 bits per heavy atom. The monoisotopic (exact) mass is 563 g/mol. The molecule has 0 amide bonds. The van der Waals surface area contributed by atoms with Crippen LogP contribution in [0.1, 0.15) is 35.4 Å². The number of ether oxygens (including phenoxy) is 2. The molecule has 0 aliphatic carbocycles. The van der Waals surface area contributed by atoms with Crippen molar-refractivity contribution in [2.24, 2.45) is 0 Å². The number of piperidine rings is 1. The van der Waals surface area contributed by atoms with Gasteiger partial charge in [0.05, 0.1) is 25.9 Å². The van der Waals surface area contributed by atoms with Crippen molar-refractivity contribution in [2.45, 2.75) is 44.1 Å². The van der Waals surface area contributed by atoms with Gasteiger partial charge >= 0.3 is 12.1 Å². The molecule has 1 saturated heterocycles. The van der Waals surface area contributed by atoms with Crippen LogP contribution in [0.4, 0.5) is 13.2 Å². The Bertz CT molecular complexity index is 1430. The quantitative estimate of drug-likeness (QED) is 0.190. The number of aryl methyl sites for hydroxylation is 1. The van der Waals surface area contributed by atoms with E-state index >= 15 is 0 Å². The lowest BCUT2D eigenvalue weighted by atomic mass is 9.87.